The third kappa shape index (κ3) is 6.83. The van der Waals surface area contributed by atoms with Crippen molar-refractivity contribution in [1.82, 2.24) is 29.9 Å². The summed E-state index contributed by atoms with van der Waals surface area (Å²) < 4.78 is 0. The van der Waals surface area contributed by atoms with Crippen molar-refractivity contribution in [2.45, 2.75) is 0 Å². The van der Waals surface area contributed by atoms with E-state index in [-0.39, 0.29) is 20.4 Å². The predicted molar refractivity (Wildman–Crippen MR) is 141 cm³/mol. The smallest absolute Gasteiger partial charge is 0.0894 e. The van der Waals surface area contributed by atoms with E-state index in [4.69, 9.17) is 0 Å². The van der Waals surface area contributed by atoms with Crippen LogP contribution in [0, 0.1) is 0 Å². The number of nitrogens with zero attached hydrogens (tertiary/aromatic N) is 6. The largest absolute Gasteiger partial charge is 0.255 e. The fourth-order valence-corrected chi connectivity index (χ4v) is 3.50. The third-order valence-electron chi connectivity index (χ3n) is 5.21. The van der Waals surface area contributed by atoms with E-state index in [0.29, 0.717) is 0 Å². The van der Waals surface area contributed by atoms with E-state index >= 15 is 0 Å². The topological polar surface area (TPSA) is 77.3 Å². The first kappa shape index (κ1) is 25.6. The molecule has 0 aliphatic heterocycles. The van der Waals surface area contributed by atoms with E-state index in [1.165, 1.54) is 0 Å². The molecule has 0 N–H and O–H groups in total. The van der Waals surface area contributed by atoms with Gasteiger partial charge in [-0.3, -0.25) is 19.9 Å². The number of rotatable bonds is 4. The van der Waals surface area contributed by atoms with E-state index in [0.717, 1.165) is 45.6 Å². The van der Waals surface area contributed by atoms with Crippen LogP contribution in [0.1, 0.15) is 0 Å². The van der Waals surface area contributed by atoms with E-state index in [1.54, 1.807) is 24.8 Å². The molecule has 1 radical (unpaired) electrons. The molecule has 6 nitrogen and oxygen atoms in total. The molecule has 7 heteroatoms. The van der Waals surface area contributed by atoms with Crippen molar-refractivity contribution in [2.75, 3.05) is 0 Å². The standard InChI is InChI=1S/2C15H11N3.Re/c2*1-3-10-16-12(6-1)14-8-5-9-15(18-14)13-7-2-4-11-17-13;/h2*1-11H;. The Morgan fingerprint density at radius 1 is 0.270 bits per heavy atom. The van der Waals surface area contributed by atoms with E-state index in [9.17, 15) is 0 Å². The molecule has 0 aliphatic carbocycles. The summed E-state index contributed by atoms with van der Waals surface area (Å²) >= 11 is 0. The molecule has 0 atom stereocenters. The second-order valence-corrected chi connectivity index (χ2v) is 7.68. The van der Waals surface area contributed by atoms with E-state index in [2.05, 4.69) is 29.9 Å². The second kappa shape index (κ2) is 13.0. The molecule has 6 aromatic heterocycles. The fourth-order valence-electron chi connectivity index (χ4n) is 3.50. The summed E-state index contributed by atoms with van der Waals surface area (Å²) in [7, 11) is 0. The van der Waals surface area contributed by atoms with Gasteiger partial charge in [-0.05, 0) is 72.8 Å². The Balaban J connectivity index is 0.000000168. The van der Waals surface area contributed by atoms with Gasteiger partial charge in [0.05, 0.1) is 45.6 Å². The molecular weight excluding hydrogens is 631 g/mol. The van der Waals surface area contributed by atoms with Crippen molar-refractivity contribution in [1.29, 1.82) is 0 Å². The van der Waals surface area contributed by atoms with Gasteiger partial charge < -0.3 is 0 Å². The van der Waals surface area contributed by atoms with Crippen LogP contribution in [-0.2, 0) is 20.4 Å². The van der Waals surface area contributed by atoms with Crippen LogP contribution < -0.4 is 0 Å². The zero-order valence-electron chi connectivity index (χ0n) is 19.8. The third-order valence-corrected chi connectivity index (χ3v) is 5.21. The first-order valence-electron chi connectivity index (χ1n) is 11.5. The number of hydrogen-bond donors (Lipinski definition) is 0. The van der Waals surface area contributed by atoms with E-state index < -0.39 is 0 Å². The van der Waals surface area contributed by atoms with Crippen LogP contribution in [0.4, 0.5) is 0 Å². The molecule has 6 heterocycles. The Kier molecular flexibility index (Phi) is 9.03. The Morgan fingerprint density at radius 3 is 0.730 bits per heavy atom. The summed E-state index contributed by atoms with van der Waals surface area (Å²) in [6.07, 6.45) is 7.07. The van der Waals surface area contributed by atoms with Crippen LogP contribution in [0.3, 0.4) is 0 Å². The zero-order valence-corrected chi connectivity index (χ0v) is 22.5. The van der Waals surface area contributed by atoms with Gasteiger partial charge in [0.1, 0.15) is 0 Å². The molecule has 6 rings (SSSR count). The molecule has 6 aromatic rings. The van der Waals surface area contributed by atoms with Gasteiger partial charge in [-0.15, -0.1) is 0 Å². The number of hydrogen-bond acceptors (Lipinski definition) is 6. The molecule has 0 spiro atoms. The first-order chi connectivity index (χ1) is 17.9. The van der Waals surface area contributed by atoms with Crippen molar-refractivity contribution in [3.63, 3.8) is 0 Å². The second-order valence-electron chi connectivity index (χ2n) is 7.68. The van der Waals surface area contributed by atoms with Crippen LogP contribution in [-0.4, -0.2) is 29.9 Å². The molecule has 0 amide bonds. The van der Waals surface area contributed by atoms with Crippen molar-refractivity contribution < 1.29 is 20.4 Å². The minimum absolute atomic E-state index is 0. The van der Waals surface area contributed by atoms with Gasteiger partial charge in [0, 0.05) is 45.2 Å². The minimum Gasteiger partial charge on any atom is -0.255 e. The molecule has 0 aromatic carbocycles. The summed E-state index contributed by atoms with van der Waals surface area (Å²) in [6, 6.07) is 35.0. The molecule has 37 heavy (non-hydrogen) atoms. The maximum atomic E-state index is 4.59. The maximum Gasteiger partial charge on any atom is 0.0894 e. The van der Waals surface area contributed by atoms with Crippen LogP contribution in [0.2, 0.25) is 0 Å². The molecule has 0 unspecified atom stereocenters. The fraction of sp³-hybridized carbons (Fsp3) is 0. The molecule has 179 valence electrons. The molecule has 0 saturated carbocycles. The number of aromatic nitrogens is 6. The summed E-state index contributed by atoms with van der Waals surface area (Å²) in [4.78, 5) is 26.4. The van der Waals surface area contributed by atoms with Crippen LogP contribution in [0.15, 0.2) is 134 Å². The summed E-state index contributed by atoms with van der Waals surface area (Å²) in [5.41, 5.74) is 6.92. The Hall–Kier alpha value is -4.44. The molecular formula is C30H22N6Re. The van der Waals surface area contributed by atoms with Gasteiger partial charge in [0.15, 0.2) is 0 Å². The minimum atomic E-state index is 0. The zero-order chi connectivity index (χ0) is 24.4. The van der Waals surface area contributed by atoms with Gasteiger partial charge in [-0.1, -0.05) is 36.4 Å². The molecule has 0 bridgehead atoms. The average molecular weight is 653 g/mol. The van der Waals surface area contributed by atoms with Gasteiger partial charge >= 0.3 is 0 Å². The Labute approximate surface area is 229 Å². The van der Waals surface area contributed by atoms with Gasteiger partial charge in [-0.2, -0.15) is 0 Å². The van der Waals surface area contributed by atoms with Crippen LogP contribution in [0.25, 0.3) is 45.6 Å². The van der Waals surface area contributed by atoms with Crippen molar-refractivity contribution in [3.8, 4) is 45.6 Å². The van der Waals surface area contributed by atoms with E-state index in [1.807, 2.05) is 109 Å². The number of pyridine rings is 6. The first-order valence-corrected chi connectivity index (χ1v) is 11.5. The SMILES string of the molecule is [Re].c1ccc(-c2cccc(-c3ccccn3)n2)nc1.c1ccc(-c2cccc(-c3ccccn3)n2)nc1. The van der Waals surface area contributed by atoms with Gasteiger partial charge in [0.2, 0.25) is 0 Å². The predicted octanol–water partition coefficient (Wildman–Crippen LogP) is 6.41. The van der Waals surface area contributed by atoms with Gasteiger partial charge in [-0.25, -0.2) is 9.97 Å². The summed E-state index contributed by atoms with van der Waals surface area (Å²) in [5, 5.41) is 0. The van der Waals surface area contributed by atoms with Crippen molar-refractivity contribution >= 4 is 0 Å². The molecule has 0 fully saturated rings. The van der Waals surface area contributed by atoms with Crippen LogP contribution >= 0.6 is 0 Å². The Morgan fingerprint density at radius 2 is 0.514 bits per heavy atom. The van der Waals surface area contributed by atoms with Crippen molar-refractivity contribution in [2.24, 2.45) is 0 Å². The van der Waals surface area contributed by atoms with Crippen LogP contribution in [0.5, 0.6) is 0 Å². The maximum absolute atomic E-state index is 4.59. The van der Waals surface area contributed by atoms with Crippen molar-refractivity contribution in [3.05, 3.63) is 134 Å². The summed E-state index contributed by atoms with van der Waals surface area (Å²) in [6.45, 7) is 0. The normalized spacial score (nSPS) is 9.95. The molecule has 0 aliphatic rings. The van der Waals surface area contributed by atoms with Gasteiger partial charge in [0.25, 0.3) is 0 Å². The monoisotopic (exact) mass is 653 g/mol. The molecule has 0 saturated heterocycles. The summed E-state index contributed by atoms with van der Waals surface area (Å²) in [5.74, 6) is 0. The Bertz CT molecular complexity index is 1290. The average Bonchev–Trinajstić information content (AvgIpc) is 2.99. The quantitative estimate of drug-likeness (QED) is 0.219.